The van der Waals surface area contributed by atoms with Crippen molar-refractivity contribution >= 4 is 17.3 Å². The molecule has 0 bridgehead atoms. The Hall–Kier alpha value is -2.27. The minimum Gasteiger partial charge on any atom is -0.391 e. The van der Waals surface area contributed by atoms with Gasteiger partial charge in [0.15, 0.2) is 0 Å². The van der Waals surface area contributed by atoms with Crippen molar-refractivity contribution in [1.82, 2.24) is 5.39 Å². The molecule has 132 valence electrons. The van der Waals surface area contributed by atoms with Crippen molar-refractivity contribution in [1.29, 1.82) is 0 Å². The highest BCUT2D eigenvalue weighted by Gasteiger charge is 2.18. The van der Waals surface area contributed by atoms with E-state index < -0.39 is 10.9 Å². The molecule has 1 saturated heterocycles. The fourth-order valence-corrected chi connectivity index (χ4v) is 2.05. The van der Waals surface area contributed by atoms with Crippen LogP contribution in [0, 0.1) is 10.1 Å². The molecule has 0 atom stereocenters. The van der Waals surface area contributed by atoms with Crippen LogP contribution in [0.3, 0.4) is 0 Å². The van der Waals surface area contributed by atoms with Gasteiger partial charge in [-0.2, -0.15) is 0 Å². The van der Waals surface area contributed by atoms with E-state index in [1.54, 1.807) is 6.07 Å². The van der Waals surface area contributed by atoms with Crippen LogP contribution in [0.1, 0.15) is 24.8 Å². The van der Waals surface area contributed by atoms with Crippen LogP contribution in [0.5, 0.6) is 0 Å². The first-order valence-corrected chi connectivity index (χ1v) is 7.49. The molecule has 0 saturated carbocycles. The number of anilines is 1. The minimum atomic E-state index is -0.533. The highest BCUT2D eigenvalue weighted by molar-refractivity contribution is 5.68. The van der Waals surface area contributed by atoms with Gasteiger partial charge in [-0.15, -0.1) is 0 Å². The van der Waals surface area contributed by atoms with E-state index in [1.165, 1.54) is 12.1 Å². The first-order chi connectivity index (χ1) is 11.6. The lowest BCUT2D eigenvalue weighted by molar-refractivity contribution is -0.460. The third-order valence-electron chi connectivity index (χ3n) is 3.24. The van der Waals surface area contributed by atoms with Gasteiger partial charge >= 0.3 is 5.97 Å². The Morgan fingerprint density at radius 1 is 1.38 bits per heavy atom. The van der Waals surface area contributed by atoms with Gasteiger partial charge in [-0.25, -0.2) is 9.68 Å². The number of carbonyl (C=O) groups is 1. The smallest absolute Gasteiger partial charge is 0.330 e. The zero-order valence-electron chi connectivity index (χ0n) is 13.0. The van der Waals surface area contributed by atoms with Gasteiger partial charge in [-0.05, 0) is 25.0 Å². The predicted octanol–water partition coefficient (Wildman–Crippen LogP) is 1.31. The lowest BCUT2D eigenvalue weighted by atomic mass is 10.1. The standard InChI is InChI=1S/C14H19N3O7/c18-10-11-4-5-12(9-13(11)16(20)21)15-6-2-1-3-14(19)24-17-22-7-8-23-17/h4-5,9,15,18H,1-3,6-8,10H2. The first-order valence-electron chi connectivity index (χ1n) is 7.49. The Morgan fingerprint density at radius 2 is 2.12 bits per heavy atom. The van der Waals surface area contributed by atoms with E-state index in [1.807, 2.05) is 0 Å². The van der Waals surface area contributed by atoms with E-state index in [0.29, 0.717) is 43.7 Å². The quantitative estimate of drug-likeness (QED) is 0.388. The zero-order chi connectivity index (χ0) is 17.4. The molecular weight excluding hydrogens is 322 g/mol. The maximum atomic E-state index is 11.5. The lowest BCUT2D eigenvalue weighted by Crippen LogP contribution is -2.21. The summed E-state index contributed by atoms with van der Waals surface area (Å²) in [6.07, 6.45) is 1.46. The number of aliphatic hydroxyl groups excluding tert-OH is 1. The van der Waals surface area contributed by atoms with Crippen LogP contribution in [0.4, 0.5) is 11.4 Å². The first kappa shape index (κ1) is 18.1. The fourth-order valence-electron chi connectivity index (χ4n) is 2.05. The molecule has 0 aromatic heterocycles. The van der Waals surface area contributed by atoms with Crippen LogP contribution in [0.2, 0.25) is 0 Å². The highest BCUT2D eigenvalue weighted by Crippen LogP contribution is 2.23. The molecule has 0 spiro atoms. The molecule has 0 amide bonds. The number of aliphatic hydroxyl groups is 1. The number of nitro benzene ring substituents is 1. The van der Waals surface area contributed by atoms with Gasteiger partial charge in [0, 0.05) is 24.7 Å². The lowest BCUT2D eigenvalue weighted by Gasteiger charge is -2.10. The average Bonchev–Trinajstić information content (AvgIpc) is 3.07. The number of nitrogens with zero attached hydrogens (tertiary/aromatic N) is 2. The van der Waals surface area contributed by atoms with Crippen molar-refractivity contribution in [2.24, 2.45) is 0 Å². The number of hydrogen-bond donors (Lipinski definition) is 2. The van der Waals surface area contributed by atoms with Gasteiger partial charge in [0.1, 0.15) is 18.6 Å². The summed E-state index contributed by atoms with van der Waals surface area (Å²) in [4.78, 5) is 36.3. The Morgan fingerprint density at radius 3 is 2.79 bits per heavy atom. The average molecular weight is 341 g/mol. The fraction of sp³-hybridized carbons (Fsp3) is 0.500. The molecule has 0 unspecified atom stereocenters. The zero-order valence-corrected chi connectivity index (χ0v) is 13.0. The summed E-state index contributed by atoms with van der Waals surface area (Å²) in [7, 11) is 0. The van der Waals surface area contributed by atoms with E-state index in [2.05, 4.69) is 5.32 Å². The topological polar surface area (TPSA) is 123 Å². The van der Waals surface area contributed by atoms with Gasteiger partial charge < -0.3 is 15.3 Å². The van der Waals surface area contributed by atoms with Gasteiger partial charge in [-0.3, -0.25) is 14.9 Å². The van der Waals surface area contributed by atoms with Crippen LogP contribution in [-0.4, -0.2) is 41.1 Å². The van der Waals surface area contributed by atoms with E-state index in [9.17, 15) is 14.9 Å². The molecule has 0 radical (unpaired) electrons. The Bertz CT molecular complexity index is 575. The second-order valence-electron chi connectivity index (χ2n) is 5.00. The van der Waals surface area contributed by atoms with Crippen molar-refractivity contribution in [3.8, 4) is 0 Å². The molecule has 10 nitrogen and oxygen atoms in total. The summed E-state index contributed by atoms with van der Waals surface area (Å²) >= 11 is 0. The van der Waals surface area contributed by atoms with Crippen LogP contribution < -0.4 is 5.32 Å². The van der Waals surface area contributed by atoms with Crippen LogP contribution in [0.25, 0.3) is 0 Å². The van der Waals surface area contributed by atoms with Crippen molar-refractivity contribution in [3.05, 3.63) is 33.9 Å². The SMILES string of the molecule is O=C(CCCCNc1ccc(CO)c([N+](=O)[O-])c1)ON1OCCO1. The normalized spacial score (nSPS) is 14.5. The summed E-state index contributed by atoms with van der Waals surface area (Å²) in [6, 6.07) is 4.55. The maximum Gasteiger partial charge on any atom is 0.330 e. The van der Waals surface area contributed by atoms with E-state index in [4.69, 9.17) is 19.6 Å². The van der Waals surface area contributed by atoms with Crippen molar-refractivity contribution in [2.45, 2.75) is 25.9 Å². The molecule has 1 aromatic carbocycles. The number of carbonyl (C=O) groups excluding carboxylic acids is 1. The number of nitro groups is 1. The third-order valence-corrected chi connectivity index (χ3v) is 3.24. The summed E-state index contributed by atoms with van der Waals surface area (Å²) in [5.41, 5.74) is 0.719. The van der Waals surface area contributed by atoms with Crippen molar-refractivity contribution < 1.29 is 29.3 Å². The van der Waals surface area contributed by atoms with E-state index >= 15 is 0 Å². The third kappa shape index (κ3) is 5.42. The van der Waals surface area contributed by atoms with Gasteiger partial charge in [0.25, 0.3) is 5.69 Å². The molecule has 0 aliphatic carbocycles. The summed E-state index contributed by atoms with van der Waals surface area (Å²) in [5, 5.41) is 23.7. The Kier molecular flexibility index (Phi) is 6.88. The van der Waals surface area contributed by atoms with E-state index in [-0.39, 0.29) is 24.3 Å². The van der Waals surface area contributed by atoms with Gasteiger partial charge in [0.2, 0.25) is 0 Å². The van der Waals surface area contributed by atoms with E-state index in [0.717, 1.165) is 0 Å². The molecule has 1 fully saturated rings. The summed E-state index contributed by atoms with van der Waals surface area (Å²) < 4.78 is 0. The van der Waals surface area contributed by atoms with Crippen molar-refractivity contribution in [3.63, 3.8) is 0 Å². The Labute approximate surface area is 137 Å². The van der Waals surface area contributed by atoms with Gasteiger partial charge in [-0.1, -0.05) is 0 Å². The molecule has 2 N–H and O–H groups in total. The second-order valence-corrected chi connectivity index (χ2v) is 5.00. The molecular formula is C14H19N3O7. The number of hydrogen-bond acceptors (Lipinski definition) is 9. The minimum absolute atomic E-state index is 0.128. The van der Waals surface area contributed by atoms with Crippen LogP contribution in [-0.2, 0) is 25.9 Å². The predicted molar refractivity (Wildman–Crippen MR) is 81.2 cm³/mol. The maximum absolute atomic E-state index is 11.5. The highest BCUT2D eigenvalue weighted by atomic mass is 17.2. The number of unbranched alkanes of at least 4 members (excludes halogenated alkanes) is 1. The Balaban J connectivity index is 1.67. The molecule has 2 rings (SSSR count). The van der Waals surface area contributed by atoms with Crippen molar-refractivity contribution in [2.75, 3.05) is 25.1 Å². The monoisotopic (exact) mass is 341 g/mol. The van der Waals surface area contributed by atoms with Crippen LogP contribution >= 0.6 is 0 Å². The molecule has 1 aliphatic heterocycles. The summed E-state index contributed by atoms with van der Waals surface area (Å²) in [5.74, 6) is -0.458. The largest absolute Gasteiger partial charge is 0.391 e. The molecule has 10 heteroatoms. The molecule has 1 heterocycles. The number of rotatable bonds is 9. The molecule has 1 aliphatic rings. The summed E-state index contributed by atoms with van der Waals surface area (Å²) in [6.45, 7) is 0.847. The van der Waals surface area contributed by atoms with Crippen LogP contribution in [0.15, 0.2) is 18.2 Å². The number of nitrogens with one attached hydrogen (secondary N) is 1. The molecule has 24 heavy (non-hydrogen) atoms. The molecule has 1 aromatic rings. The second kappa shape index (κ2) is 9.13. The number of benzene rings is 1. The van der Waals surface area contributed by atoms with Gasteiger partial charge in [0.05, 0.1) is 17.1 Å².